The zero-order chi connectivity index (χ0) is 13.2. The predicted molar refractivity (Wildman–Crippen MR) is 61.8 cm³/mol. The maximum Gasteiger partial charge on any atom is 0.330 e. The Morgan fingerprint density at radius 1 is 1.50 bits per heavy atom. The highest BCUT2D eigenvalue weighted by atomic mass is 32.2. The molecule has 0 spiro atoms. The molecular weight excluding hydrogens is 234 g/mol. The fourth-order valence-electron chi connectivity index (χ4n) is 0.499. The van der Waals surface area contributed by atoms with Gasteiger partial charge < -0.3 is 9.64 Å². The van der Waals surface area contributed by atoms with Crippen molar-refractivity contribution in [2.75, 3.05) is 33.0 Å². The molecule has 0 heterocycles. The lowest BCUT2D eigenvalue weighted by molar-refractivity contribution is -0.137. The average Bonchev–Trinajstić information content (AvgIpc) is 2.15. The first-order valence-corrected chi connectivity index (χ1v) is 6.23. The minimum absolute atomic E-state index is 0.194. The molecule has 0 unspecified atom stereocenters. The molecule has 0 aliphatic carbocycles. The van der Waals surface area contributed by atoms with E-state index < -0.39 is 10.1 Å². The van der Waals surface area contributed by atoms with Crippen LogP contribution in [0.15, 0.2) is 12.7 Å². The summed E-state index contributed by atoms with van der Waals surface area (Å²) < 4.78 is 32.8. The average molecular weight is 253 g/mol. The van der Waals surface area contributed by atoms with Crippen LogP contribution in [0.5, 0.6) is 0 Å². The van der Waals surface area contributed by atoms with Gasteiger partial charge in [-0.25, -0.2) is 4.79 Å². The van der Waals surface area contributed by atoms with Crippen molar-refractivity contribution in [3.05, 3.63) is 12.7 Å². The van der Waals surface area contributed by atoms with Crippen molar-refractivity contribution in [2.24, 2.45) is 0 Å². The maximum absolute atomic E-state index is 10.1. The zero-order valence-electron chi connectivity index (χ0n) is 9.84. The lowest BCUT2D eigenvalue weighted by Gasteiger charge is -2.05. The van der Waals surface area contributed by atoms with Crippen LogP contribution in [0.1, 0.15) is 6.92 Å². The number of hydrogen-bond acceptors (Lipinski definition) is 5. The molecule has 0 bridgehead atoms. The lowest BCUT2D eigenvalue weighted by atomic mass is 10.6. The summed E-state index contributed by atoms with van der Waals surface area (Å²) in [5, 5.41) is 0. The van der Waals surface area contributed by atoms with Gasteiger partial charge in [-0.1, -0.05) is 6.58 Å². The Labute approximate surface area is 96.6 Å². The number of carbonyl (C=O) groups excluding carboxylic acids is 1. The summed E-state index contributed by atoms with van der Waals surface area (Å²) in [6, 6.07) is 0. The Morgan fingerprint density at radius 2 is 2.00 bits per heavy atom. The van der Waals surface area contributed by atoms with E-state index in [9.17, 15) is 13.2 Å². The fraction of sp³-hybridized carbons (Fsp3) is 0.667. The second-order valence-electron chi connectivity index (χ2n) is 3.05. The van der Waals surface area contributed by atoms with Gasteiger partial charge >= 0.3 is 5.97 Å². The number of hydrogen-bond donors (Lipinski definition) is 1. The molecule has 0 aliphatic rings. The number of rotatable bonds is 5. The Bertz CT molecular complexity index is 297. The van der Waals surface area contributed by atoms with Crippen molar-refractivity contribution >= 4 is 16.1 Å². The predicted octanol–water partition coefficient (Wildman–Crippen LogP) is 0.171. The van der Waals surface area contributed by atoms with E-state index in [1.807, 2.05) is 0 Å². The van der Waals surface area contributed by atoms with Crippen LogP contribution < -0.4 is 0 Å². The molecule has 0 atom stereocenters. The van der Waals surface area contributed by atoms with E-state index in [2.05, 4.69) is 11.3 Å². The molecule has 0 radical (unpaired) electrons. The first kappa shape index (κ1) is 17.5. The third-order valence-corrected chi connectivity index (χ3v) is 1.95. The molecule has 0 saturated carbocycles. The standard InChI is InChI=1S/C5H8O2.C4H11NO3S/c1-3-5(6)7-4-2;1-5(2)3-4-9(6,7)8/h3H,1,4H2,2H3;3-4H2,1-2H3,(H,6,7,8). The van der Waals surface area contributed by atoms with Gasteiger partial charge in [-0.05, 0) is 21.0 Å². The van der Waals surface area contributed by atoms with Gasteiger partial charge in [0.05, 0.1) is 12.4 Å². The van der Waals surface area contributed by atoms with Crippen LogP contribution in [-0.4, -0.2) is 56.8 Å². The highest BCUT2D eigenvalue weighted by Gasteiger charge is 2.03. The Kier molecular flexibility index (Phi) is 10.2. The van der Waals surface area contributed by atoms with E-state index in [1.54, 1.807) is 25.9 Å². The maximum atomic E-state index is 10.1. The third-order valence-electron chi connectivity index (χ3n) is 1.25. The third kappa shape index (κ3) is 18.8. The van der Waals surface area contributed by atoms with Crippen molar-refractivity contribution in [2.45, 2.75) is 6.92 Å². The largest absolute Gasteiger partial charge is 0.463 e. The van der Waals surface area contributed by atoms with Gasteiger partial charge in [0, 0.05) is 12.6 Å². The summed E-state index contributed by atoms with van der Waals surface area (Å²) in [5.74, 6) is -0.553. The van der Waals surface area contributed by atoms with Crippen molar-refractivity contribution < 1.29 is 22.5 Å². The molecule has 0 amide bonds. The van der Waals surface area contributed by atoms with Gasteiger partial charge in [-0.2, -0.15) is 8.42 Å². The minimum Gasteiger partial charge on any atom is -0.463 e. The molecule has 0 aromatic rings. The quantitative estimate of drug-likeness (QED) is 0.427. The summed E-state index contributed by atoms with van der Waals surface area (Å²) in [7, 11) is -0.278. The Balaban J connectivity index is 0. The van der Waals surface area contributed by atoms with E-state index in [0.29, 0.717) is 13.2 Å². The van der Waals surface area contributed by atoms with Crippen LogP contribution in [0.25, 0.3) is 0 Å². The second-order valence-corrected chi connectivity index (χ2v) is 4.62. The highest BCUT2D eigenvalue weighted by Crippen LogP contribution is 1.82. The van der Waals surface area contributed by atoms with Gasteiger partial charge in [0.15, 0.2) is 0 Å². The fourth-order valence-corrected chi connectivity index (χ4v) is 1.09. The molecule has 0 aromatic heterocycles. The van der Waals surface area contributed by atoms with Gasteiger partial charge in [0.25, 0.3) is 10.1 Å². The molecule has 0 aromatic carbocycles. The van der Waals surface area contributed by atoms with Gasteiger partial charge in [0.2, 0.25) is 0 Å². The van der Waals surface area contributed by atoms with Crippen LogP contribution in [0.2, 0.25) is 0 Å². The summed E-state index contributed by atoms with van der Waals surface area (Å²) in [6.07, 6.45) is 1.14. The van der Waals surface area contributed by atoms with E-state index in [0.717, 1.165) is 6.08 Å². The van der Waals surface area contributed by atoms with Crippen molar-refractivity contribution in [3.8, 4) is 0 Å². The number of ether oxygens (including phenoxy) is 1. The Hall–Kier alpha value is -0.920. The first-order chi connectivity index (χ1) is 7.22. The molecule has 7 heteroatoms. The van der Waals surface area contributed by atoms with Crippen molar-refractivity contribution in [3.63, 3.8) is 0 Å². The van der Waals surface area contributed by atoms with E-state index in [-0.39, 0.29) is 11.7 Å². The molecular formula is C9H19NO5S. The number of esters is 1. The first-order valence-electron chi connectivity index (χ1n) is 4.62. The van der Waals surface area contributed by atoms with Crippen LogP contribution in [0.4, 0.5) is 0 Å². The summed E-state index contributed by atoms with van der Waals surface area (Å²) in [6.45, 7) is 5.74. The van der Waals surface area contributed by atoms with E-state index >= 15 is 0 Å². The molecule has 1 N–H and O–H groups in total. The van der Waals surface area contributed by atoms with Crippen molar-refractivity contribution in [1.82, 2.24) is 4.90 Å². The van der Waals surface area contributed by atoms with Gasteiger partial charge in [-0.3, -0.25) is 4.55 Å². The molecule has 0 fully saturated rings. The summed E-state index contributed by atoms with van der Waals surface area (Å²) >= 11 is 0. The monoisotopic (exact) mass is 253 g/mol. The van der Waals surface area contributed by atoms with Crippen LogP contribution in [-0.2, 0) is 19.6 Å². The smallest absolute Gasteiger partial charge is 0.330 e. The van der Waals surface area contributed by atoms with Crippen LogP contribution in [0.3, 0.4) is 0 Å². The van der Waals surface area contributed by atoms with E-state index in [1.165, 1.54) is 0 Å². The van der Waals surface area contributed by atoms with Gasteiger partial charge in [-0.15, -0.1) is 0 Å². The number of carbonyl (C=O) groups is 1. The molecule has 96 valence electrons. The summed E-state index contributed by atoms with van der Waals surface area (Å²) in [5.41, 5.74) is 0. The summed E-state index contributed by atoms with van der Waals surface area (Å²) in [4.78, 5) is 11.8. The second kappa shape index (κ2) is 9.32. The normalized spacial score (nSPS) is 10.3. The molecule has 16 heavy (non-hydrogen) atoms. The number of nitrogens with zero attached hydrogens (tertiary/aromatic N) is 1. The SMILES string of the molecule is C=CC(=O)OCC.CN(C)CCS(=O)(=O)O. The molecule has 0 aliphatic heterocycles. The van der Waals surface area contributed by atoms with Crippen molar-refractivity contribution in [1.29, 1.82) is 0 Å². The van der Waals surface area contributed by atoms with Gasteiger partial charge in [0.1, 0.15) is 0 Å². The minimum atomic E-state index is -3.76. The molecule has 0 saturated heterocycles. The lowest BCUT2D eigenvalue weighted by Crippen LogP contribution is -2.21. The topological polar surface area (TPSA) is 83.9 Å². The Morgan fingerprint density at radius 3 is 2.12 bits per heavy atom. The molecule has 0 rings (SSSR count). The molecule has 6 nitrogen and oxygen atoms in total. The zero-order valence-corrected chi connectivity index (χ0v) is 10.7. The van der Waals surface area contributed by atoms with Crippen LogP contribution in [0, 0.1) is 0 Å². The highest BCUT2D eigenvalue weighted by molar-refractivity contribution is 7.85. The van der Waals surface area contributed by atoms with E-state index in [4.69, 9.17) is 4.55 Å². The van der Waals surface area contributed by atoms with Crippen LogP contribution >= 0.6 is 0 Å².